The zero-order valence-corrected chi connectivity index (χ0v) is 23.0. The first-order valence-electron chi connectivity index (χ1n) is 11.2. The van der Waals surface area contributed by atoms with E-state index in [1.165, 1.54) is 19.6 Å². The summed E-state index contributed by atoms with van der Waals surface area (Å²) in [6.45, 7) is 5.76. The number of halogens is 1. The molecule has 0 radical (unpaired) electrons. The van der Waals surface area contributed by atoms with Gasteiger partial charge in [0.25, 0.3) is 5.91 Å². The zero-order chi connectivity index (χ0) is 26.9. The Labute approximate surface area is 227 Å². The molecule has 2 aromatic carbocycles. The highest BCUT2D eigenvalue weighted by Crippen LogP contribution is 2.33. The highest BCUT2D eigenvalue weighted by Gasteiger charge is 2.15. The lowest BCUT2D eigenvalue weighted by atomic mass is 10.1. The van der Waals surface area contributed by atoms with Crippen molar-refractivity contribution in [2.75, 3.05) is 19.0 Å². The molecule has 0 bridgehead atoms. The molecule has 10 nitrogen and oxygen atoms in total. The van der Waals surface area contributed by atoms with Crippen LogP contribution >= 0.6 is 22.6 Å². The number of methoxy groups -OCH3 is 1. The summed E-state index contributed by atoms with van der Waals surface area (Å²) in [5.41, 5.74) is 6.60. The highest BCUT2D eigenvalue weighted by molar-refractivity contribution is 14.1. The number of carbonyl (C=O) groups is 3. The van der Waals surface area contributed by atoms with Crippen LogP contribution in [-0.2, 0) is 20.9 Å². The fraction of sp³-hybridized carbons (Fsp3) is 0.231. The molecule has 1 aromatic heterocycles. The van der Waals surface area contributed by atoms with Crippen molar-refractivity contribution in [1.82, 2.24) is 10.7 Å². The lowest BCUT2D eigenvalue weighted by Gasteiger charge is -2.15. The molecule has 0 aliphatic heterocycles. The van der Waals surface area contributed by atoms with Crippen molar-refractivity contribution in [1.29, 1.82) is 0 Å². The van der Waals surface area contributed by atoms with Gasteiger partial charge in [-0.2, -0.15) is 5.10 Å². The molecular weight excluding hydrogens is 591 g/mol. The summed E-state index contributed by atoms with van der Waals surface area (Å²) in [5.74, 6) is -0.772. The normalized spacial score (nSPS) is 10.7. The predicted octanol–water partition coefficient (Wildman–Crippen LogP) is 3.60. The van der Waals surface area contributed by atoms with E-state index in [0.717, 1.165) is 22.4 Å². The number of nitrogens with zero attached hydrogens (tertiary/aromatic N) is 1. The second-order valence-electron chi connectivity index (χ2n) is 8.11. The molecular formula is C26H27IN4O6. The van der Waals surface area contributed by atoms with Crippen molar-refractivity contribution < 1.29 is 28.3 Å². The van der Waals surface area contributed by atoms with Crippen LogP contribution in [0.3, 0.4) is 0 Å². The molecule has 11 heteroatoms. The topological polar surface area (TPSA) is 131 Å². The number of nitrogens with one attached hydrogen (secondary N) is 3. The molecule has 0 saturated carbocycles. The molecule has 0 spiro atoms. The number of hydrogen-bond donors (Lipinski definition) is 3. The number of amides is 3. The lowest BCUT2D eigenvalue weighted by molar-refractivity contribution is -0.139. The molecule has 0 aliphatic rings. The third-order valence-electron chi connectivity index (χ3n) is 5.13. The number of hydrogen-bond acceptors (Lipinski definition) is 7. The largest absolute Gasteiger partial charge is 0.493 e. The van der Waals surface area contributed by atoms with Gasteiger partial charge in [-0.3, -0.25) is 14.4 Å². The fourth-order valence-electron chi connectivity index (χ4n) is 3.52. The third kappa shape index (κ3) is 7.81. The number of carbonyl (C=O) groups excluding carboxylic acids is 3. The van der Waals surface area contributed by atoms with Gasteiger partial charge >= 0.3 is 11.8 Å². The summed E-state index contributed by atoms with van der Waals surface area (Å²) in [6, 6.07) is 10.7. The Morgan fingerprint density at radius 1 is 1.08 bits per heavy atom. The number of aryl methyl sites for hydroxylation is 3. The van der Waals surface area contributed by atoms with E-state index >= 15 is 0 Å². The summed E-state index contributed by atoms with van der Waals surface area (Å²) in [4.78, 5) is 36.3. The Kier molecular flexibility index (Phi) is 9.66. The number of rotatable bonds is 9. The van der Waals surface area contributed by atoms with Gasteiger partial charge in [-0.1, -0.05) is 17.7 Å². The van der Waals surface area contributed by atoms with Crippen molar-refractivity contribution in [2.45, 2.75) is 27.3 Å². The maximum Gasteiger partial charge on any atom is 0.329 e. The van der Waals surface area contributed by atoms with Crippen molar-refractivity contribution in [2.24, 2.45) is 5.10 Å². The van der Waals surface area contributed by atoms with Crippen molar-refractivity contribution in [3.05, 3.63) is 74.2 Å². The summed E-state index contributed by atoms with van der Waals surface area (Å²) < 4.78 is 16.9. The number of furan rings is 1. The van der Waals surface area contributed by atoms with E-state index in [1.54, 1.807) is 24.3 Å². The molecule has 0 fully saturated rings. The molecule has 0 saturated heterocycles. The molecule has 1 heterocycles. The van der Waals surface area contributed by atoms with Crippen LogP contribution in [0, 0.1) is 24.3 Å². The molecule has 3 N–H and O–H groups in total. The number of benzene rings is 2. The van der Waals surface area contributed by atoms with Crippen LogP contribution in [0.15, 0.2) is 52.2 Å². The Balaban J connectivity index is 1.58. The smallest absolute Gasteiger partial charge is 0.329 e. The van der Waals surface area contributed by atoms with E-state index in [1.807, 2.05) is 32.9 Å². The molecule has 0 aliphatic carbocycles. The van der Waals surface area contributed by atoms with Crippen molar-refractivity contribution in [3.63, 3.8) is 0 Å². The fourth-order valence-corrected chi connectivity index (χ4v) is 4.30. The van der Waals surface area contributed by atoms with Gasteiger partial charge in [-0.25, -0.2) is 5.43 Å². The second-order valence-corrected chi connectivity index (χ2v) is 9.27. The average Bonchev–Trinajstić information content (AvgIpc) is 3.37. The van der Waals surface area contributed by atoms with Gasteiger partial charge in [0.05, 0.1) is 29.7 Å². The van der Waals surface area contributed by atoms with Crippen molar-refractivity contribution in [3.8, 4) is 11.5 Å². The minimum Gasteiger partial charge on any atom is -0.493 e. The van der Waals surface area contributed by atoms with Gasteiger partial charge in [0.1, 0.15) is 5.76 Å². The predicted molar refractivity (Wildman–Crippen MR) is 147 cm³/mol. The first-order valence-corrected chi connectivity index (χ1v) is 12.3. The number of hydrazone groups is 1. The second kappa shape index (κ2) is 12.9. The molecule has 3 aromatic rings. The minimum atomic E-state index is -0.922. The Morgan fingerprint density at radius 3 is 2.46 bits per heavy atom. The summed E-state index contributed by atoms with van der Waals surface area (Å²) >= 11 is 2.05. The molecule has 3 rings (SSSR count). The third-order valence-corrected chi connectivity index (χ3v) is 5.93. The van der Waals surface area contributed by atoms with Crippen LogP contribution in [0.5, 0.6) is 11.5 Å². The van der Waals surface area contributed by atoms with Crippen LogP contribution in [0.25, 0.3) is 0 Å². The highest BCUT2D eigenvalue weighted by atomic mass is 127. The summed E-state index contributed by atoms with van der Waals surface area (Å²) in [7, 11) is 1.48. The zero-order valence-electron chi connectivity index (χ0n) is 20.8. The Bertz CT molecular complexity index is 1300. The maximum absolute atomic E-state index is 12.5. The standard InChI is InChI=1S/C26H27IN4O6/c1-15-8-16(2)23(17(3)9-15)30-22(32)14-37-24-20(27)10-18(11-21(24)35-4)12-29-31-26(34)25(33)28-13-19-6-5-7-36-19/h5-12H,13-14H2,1-4H3,(H,28,33)(H,30,32)(H,31,34)/b29-12-. The van der Waals surface area contributed by atoms with Gasteiger partial charge in [-0.15, -0.1) is 0 Å². The minimum absolute atomic E-state index is 0.0854. The van der Waals surface area contributed by atoms with E-state index in [0.29, 0.717) is 26.4 Å². The number of anilines is 1. The molecule has 37 heavy (non-hydrogen) atoms. The molecule has 3 amide bonds. The Hall–Kier alpha value is -3.87. The van der Waals surface area contributed by atoms with Gasteiger partial charge in [0, 0.05) is 5.69 Å². The van der Waals surface area contributed by atoms with E-state index in [4.69, 9.17) is 13.9 Å². The van der Waals surface area contributed by atoms with Crippen LogP contribution in [-0.4, -0.2) is 37.7 Å². The molecule has 194 valence electrons. The van der Waals surface area contributed by atoms with Crippen LogP contribution in [0.1, 0.15) is 28.0 Å². The van der Waals surface area contributed by atoms with Crippen LogP contribution in [0.2, 0.25) is 0 Å². The van der Waals surface area contributed by atoms with Gasteiger partial charge < -0.3 is 24.5 Å². The first-order chi connectivity index (χ1) is 17.7. The Morgan fingerprint density at radius 2 is 1.81 bits per heavy atom. The van der Waals surface area contributed by atoms with E-state index < -0.39 is 11.8 Å². The lowest BCUT2D eigenvalue weighted by Crippen LogP contribution is -2.37. The molecule has 0 unspecified atom stereocenters. The van der Waals surface area contributed by atoms with Gasteiger partial charge in [0.2, 0.25) is 0 Å². The van der Waals surface area contributed by atoms with E-state index in [9.17, 15) is 14.4 Å². The van der Waals surface area contributed by atoms with Crippen LogP contribution < -0.4 is 25.5 Å². The quantitative estimate of drug-likeness (QED) is 0.145. The van der Waals surface area contributed by atoms with Crippen molar-refractivity contribution >= 4 is 52.2 Å². The van der Waals surface area contributed by atoms with Gasteiger partial charge in [0.15, 0.2) is 18.1 Å². The van der Waals surface area contributed by atoms with Crippen LogP contribution in [0.4, 0.5) is 5.69 Å². The maximum atomic E-state index is 12.5. The van der Waals surface area contributed by atoms with E-state index in [-0.39, 0.29) is 19.1 Å². The van der Waals surface area contributed by atoms with Gasteiger partial charge in [-0.05, 0) is 84.3 Å². The molecule has 0 atom stereocenters. The summed E-state index contributed by atoms with van der Waals surface area (Å²) in [6.07, 6.45) is 2.83. The SMILES string of the molecule is COc1cc(/C=N\NC(=O)C(=O)NCc2ccco2)cc(I)c1OCC(=O)Nc1c(C)cc(C)cc1C. The summed E-state index contributed by atoms with van der Waals surface area (Å²) in [5, 5.41) is 9.15. The average molecular weight is 618 g/mol. The van der Waals surface area contributed by atoms with E-state index in [2.05, 4.69) is 43.8 Å². The first kappa shape index (κ1) is 27.7. The monoisotopic (exact) mass is 618 g/mol. The number of ether oxygens (including phenoxy) is 2.